The molecule has 1 rings (SSSR count). The van der Waals surface area contributed by atoms with Crippen molar-refractivity contribution in [2.45, 2.75) is 5.03 Å². The van der Waals surface area contributed by atoms with Crippen LogP contribution in [0.15, 0.2) is 17.4 Å². The number of hydrogen-bond donors (Lipinski definition) is 0. The summed E-state index contributed by atoms with van der Waals surface area (Å²) in [4.78, 5) is 6.73. The predicted octanol–water partition coefficient (Wildman–Crippen LogP) is 0.143. The Kier molecular flexibility index (Phi) is 2.22. The molecule has 0 bridgehead atoms. The standard InChI is InChI=1S/C5H5FN2O3S/c1-11-4-2-8-5(3-7-4)12(6,9)10/h2-3H,1H3. The van der Waals surface area contributed by atoms with E-state index in [1.165, 1.54) is 7.11 Å². The van der Waals surface area contributed by atoms with Gasteiger partial charge in [-0.05, 0) is 0 Å². The molecule has 0 N–H and O–H groups in total. The van der Waals surface area contributed by atoms with Gasteiger partial charge in [-0.2, -0.15) is 8.42 Å². The van der Waals surface area contributed by atoms with E-state index in [4.69, 9.17) is 0 Å². The lowest BCUT2D eigenvalue weighted by Gasteiger charge is -1.96. The molecule has 0 radical (unpaired) electrons. The summed E-state index contributed by atoms with van der Waals surface area (Å²) in [5.41, 5.74) is 0. The van der Waals surface area contributed by atoms with E-state index in [0.717, 1.165) is 12.4 Å². The third-order valence-corrected chi connectivity index (χ3v) is 1.77. The van der Waals surface area contributed by atoms with E-state index in [2.05, 4.69) is 14.7 Å². The van der Waals surface area contributed by atoms with Gasteiger partial charge >= 0.3 is 10.2 Å². The predicted molar refractivity (Wildman–Crippen MR) is 36.9 cm³/mol. The molecule has 0 fully saturated rings. The van der Waals surface area contributed by atoms with Crippen LogP contribution in [0, 0.1) is 0 Å². The minimum absolute atomic E-state index is 0.127. The van der Waals surface area contributed by atoms with Gasteiger partial charge in [0.25, 0.3) is 0 Å². The van der Waals surface area contributed by atoms with Crippen LogP contribution in [0.3, 0.4) is 0 Å². The maximum Gasteiger partial charge on any atom is 0.351 e. The molecular weight excluding hydrogens is 187 g/mol. The normalized spacial score (nSPS) is 11.2. The van der Waals surface area contributed by atoms with Gasteiger partial charge in [-0.3, -0.25) is 0 Å². The van der Waals surface area contributed by atoms with Gasteiger partial charge in [0.1, 0.15) is 0 Å². The first-order chi connectivity index (χ1) is 5.54. The number of nitrogens with zero attached hydrogens (tertiary/aromatic N) is 2. The average molecular weight is 192 g/mol. The summed E-state index contributed by atoms with van der Waals surface area (Å²) in [6.45, 7) is 0. The molecular formula is C5H5FN2O3S. The fourth-order valence-electron chi connectivity index (χ4n) is 0.536. The molecule has 0 aliphatic heterocycles. The smallest absolute Gasteiger partial charge is 0.351 e. The second-order valence-corrected chi connectivity index (χ2v) is 3.13. The fourth-order valence-corrected chi connectivity index (χ4v) is 0.893. The number of hydrogen-bond acceptors (Lipinski definition) is 5. The third kappa shape index (κ3) is 1.88. The minimum Gasteiger partial charge on any atom is -0.480 e. The van der Waals surface area contributed by atoms with Gasteiger partial charge in [-0.15, -0.1) is 0 Å². The minimum atomic E-state index is -4.76. The Hall–Kier alpha value is -1.24. The number of rotatable bonds is 2. The number of methoxy groups -OCH3 is 1. The van der Waals surface area contributed by atoms with E-state index >= 15 is 0 Å². The molecule has 5 nitrogen and oxygen atoms in total. The lowest BCUT2D eigenvalue weighted by atomic mass is 10.7. The Morgan fingerprint density at radius 3 is 2.42 bits per heavy atom. The molecule has 0 aliphatic rings. The second-order valence-electron chi connectivity index (χ2n) is 1.83. The maximum atomic E-state index is 12.2. The molecule has 0 spiro atoms. The van der Waals surface area contributed by atoms with Crippen molar-refractivity contribution in [3.05, 3.63) is 12.4 Å². The fraction of sp³-hybridized carbons (Fsp3) is 0.200. The van der Waals surface area contributed by atoms with E-state index in [0.29, 0.717) is 0 Å². The Labute approximate surface area is 68.4 Å². The number of halogens is 1. The van der Waals surface area contributed by atoms with Crippen LogP contribution in [0.1, 0.15) is 0 Å². The van der Waals surface area contributed by atoms with E-state index in [1.807, 2.05) is 0 Å². The highest BCUT2D eigenvalue weighted by Gasteiger charge is 2.13. The summed E-state index contributed by atoms with van der Waals surface area (Å²) in [5, 5.41) is -0.719. The largest absolute Gasteiger partial charge is 0.480 e. The van der Waals surface area contributed by atoms with Crippen LogP contribution in [0.4, 0.5) is 3.89 Å². The molecule has 1 aromatic rings. The van der Waals surface area contributed by atoms with Gasteiger partial charge < -0.3 is 4.74 Å². The van der Waals surface area contributed by atoms with E-state index in [-0.39, 0.29) is 5.88 Å². The molecule has 12 heavy (non-hydrogen) atoms. The quantitative estimate of drug-likeness (QED) is 0.623. The van der Waals surface area contributed by atoms with Crippen molar-refractivity contribution in [1.82, 2.24) is 9.97 Å². The molecule has 0 saturated heterocycles. The SMILES string of the molecule is COc1cnc(S(=O)(=O)F)cn1. The van der Waals surface area contributed by atoms with Crippen LogP contribution in [0.2, 0.25) is 0 Å². The summed E-state index contributed by atoms with van der Waals surface area (Å²) >= 11 is 0. The van der Waals surface area contributed by atoms with Crippen molar-refractivity contribution in [2.24, 2.45) is 0 Å². The van der Waals surface area contributed by atoms with Crippen molar-refractivity contribution in [3.8, 4) is 5.88 Å². The summed E-state index contributed by atoms with van der Waals surface area (Å²) in [6, 6.07) is 0. The summed E-state index contributed by atoms with van der Waals surface area (Å²) in [5.74, 6) is 0.127. The molecule has 66 valence electrons. The Balaban J connectivity index is 3.09. The molecule has 0 unspecified atom stereocenters. The highest BCUT2D eigenvalue weighted by atomic mass is 32.3. The molecule has 0 saturated carbocycles. The molecule has 1 heterocycles. The van der Waals surface area contributed by atoms with Gasteiger partial charge in [0, 0.05) is 0 Å². The van der Waals surface area contributed by atoms with Crippen LogP contribution in [-0.4, -0.2) is 25.5 Å². The molecule has 0 atom stereocenters. The van der Waals surface area contributed by atoms with Crippen LogP contribution >= 0.6 is 0 Å². The van der Waals surface area contributed by atoms with Crippen molar-refractivity contribution < 1.29 is 17.0 Å². The maximum absolute atomic E-state index is 12.2. The topological polar surface area (TPSA) is 69.2 Å². The van der Waals surface area contributed by atoms with E-state index in [9.17, 15) is 12.3 Å². The summed E-state index contributed by atoms with van der Waals surface area (Å²) in [7, 11) is -3.42. The van der Waals surface area contributed by atoms with Gasteiger partial charge in [-0.25, -0.2) is 9.97 Å². The van der Waals surface area contributed by atoms with E-state index < -0.39 is 15.2 Å². The zero-order chi connectivity index (χ0) is 9.19. The zero-order valence-electron chi connectivity index (χ0n) is 6.06. The lowest BCUT2D eigenvalue weighted by molar-refractivity contribution is 0.394. The Bertz CT molecular complexity index is 361. The van der Waals surface area contributed by atoms with Crippen molar-refractivity contribution >= 4 is 10.2 Å². The number of aromatic nitrogens is 2. The lowest BCUT2D eigenvalue weighted by Crippen LogP contribution is -1.98. The molecule has 0 amide bonds. The monoisotopic (exact) mass is 192 g/mol. The molecule has 7 heteroatoms. The highest BCUT2D eigenvalue weighted by molar-refractivity contribution is 7.86. The Morgan fingerprint density at radius 1 is 1.42 bits per heavy atom. The highest BCUT2D eigenvalue weighted by Crippen LogP contribution is 2.09. The van der Waals surface area contributed by atoms with Crippen molar-refractivity contribution in [3.63, 3.8) is 0 Å². The Morgan fingerprint density at radius 2 is 2.08 bits per heavy atom. The van der Waals surface area contributed by atoms with Gasteiger partial charge in [0.15, 0.2) is 0 Å². The van der Waals surface area contributed by atoms with Gasteiger partial charge in [-0.1, -0.05) is 3.89 Å². The van der Waals surface area contributed by atoms with Crippen LogP contribution in [0.25, 0.3) is 0 Å². The molecule has 1 aromatic heterocycles. The summed E-state index contributed by atoms with van der Waals surface area (Å²) < 4.78 is 37.2. The first-order valence-electron chi connectivity index (χ1n) is 2.85. The average Bonchev–Trinajstić information content (AvgIpc) is 2.03. The van der Waals surface area contributed by atoms with Gasteiger partial charge in [0.2, 0.25) is 10.9 Å². The molecule has 0 aromatic carbocycles. The first kappa shape index (κ1) is 8.85. The van der Waals surface area contributed by atoms with Crippen LogP contribution < -0.4 is 4.74 Å². The number of ether oxygens (including phenoxy) is 1. The van der Waals surface area contributed by atoms with Gasteiger partial charge in [0.05, 0.1) is 19.5 Å². The zero-order valence-corrected chi connectivity index (χ0v) is 6.88. The molecule has 0 aliphatic carbocycles. The van der Waals surface area contributed by atoms with E-state index in [1.54, 1.807) is 0 Å². The van der Waals surface area contributed by atoms with Crippen LogP contribution in [0.5, 0.6) is 5.88 Å². The first-order valence-corrected chi connectivity index (χ1v) is 4.23. The summed E-state index contributed by atoms with van der Waals surface area (Å²) in [6.07, 6.45) is 1.81. The van der Waals surface area contributed by atoms with Crippen LogP contribution in [-0.2, 0) is 10.2 Å². The van der Waals surface area contributed by atoms with Crippen molar-refractivity contribution in [1.29, 1.82) is 0 Å². The van der Waals surface area contributed by atoms with Crippen molar-refractivity contribution in [2.75, 3.05) is 7.11 Å². The second kappa shape index (κ2) is 3.02. The third-order valence-electron chi connectivity index (χ3n) is 1.06.